The molecule has 0 aromatic heterocycles. The highest BCUT2D eigenvalue weighted by atomic mass is 16.5. The fourth-order valence-electron chi connectivity index (χ4n) is 3.18. The van der Waals surface area contributed by atoms with Crippen molar-refractivity contribution in [3.05, 3.63) is 35.9 Å². The molecule has 4 N–H and O–H groups in total. The molecule has 0 aliphatic carbocycles. The summed E-state index contributed by atoms with van der Waals surface area (Å²) in [4.78, 5) is 49.8. The third kappa shape index (κ3) is 10.7. The van der Waals surface area contributed by atoms with Gasteiger partial charge in [0.15, 0.2) is 6.04 Å². The first-order chi connectivity index (χ1) is 16.1. The predicted octanol–water partition coefficient (Wildman–Crippen LogP) is 1.51. The monoisotopic (exact) mass is 479 g/mol. The molecule has 0 aliphatic heterocycles. The van der Waals surface area contributed by atoms with Gasteiger partial charge >= 0.3 is 12.1 Å². The summed E-state index contributed by atoms with van der Waals surface area (Å²) in [6, 6.07) is 5.97. The van der Waals surface area contributed by atoms with Gasteiger partial charge in [-0.1, -0.05) is 58.0 Å². The summed E-state index contributed by atoms with van der Waals surface area (Å²) in [7, 11) is 1.14. The highest BCUT2D eigenvalue weighted by Gasteiger charge is 2.30. The van der Waals surface area contributed by atoms with Gasteiger partial charge in [0.25, 0.3) is 0 Å². The van der Waals surface area contributed by atoms with Crippen LogP contribution in [0.4, 0.5) is 4.79 Å². The van der Waals surface area contributed by atoms with Gasteiger partial charge in [0.05, 0.1) is 13.7 Å². The lowest BCUT2D eigenvalue weighted by Gasteiger charge is -2.26. The number of alkyl carbamates (subject to hydrolysis) is 1. The summed E-state index contributed by atoms with van der Waals surface area (Å²) in [5.74, 6) is -1.88. The van der Waals surface area contributed by atoms with Gasteiger partial charge in [-0.2, -0.15) is 0 Å². The van der Waals surface area contributed by atoms with Crippen LogP contribution in [0.2, 0.25) is 0 Å². The van der Waals surface area contributed by atoms with Crippen LogP contribution in [-0.2, 0) is 30.5 Å². The molecule has 0 aliphatic rings. The molecule has 1 aromatic rings. The van der Waals surface area contributed by atoms with Crippen LogP contribution in [0.3, 0.4) is 0 Å². The van der Waals surface area contributed by atoms with Crippen LogP contribution >= 0.6 is 0 Å². The van der Waals surface area contributed by atoms with Crippen LogP contribution in [0.15, 0.2) is 30.3 Å². The van der Waals surface area contributed by atoms with E-state index in [1.165, 1.54) is 0 Å². The molecule has 0 saturated carbocycles. The first-order valence-electron chi connectivity index (χ1n) is 11.3. The second-order valence-corrected chi connectivity index (χ2v) is 8.85. The Morgan fingerprint density at radius 2 is 1.32 bits per heavy atom. The summed E-state index contributed by atoms with van der Waals surface area (Å²) in [5.41, 5.74) is 0.806. The molecule has 34 heavy (non-hydrogen) atoms. The molecule has 0 saturated heterocycles. The molecule has 190 valence electrons. The normalized spacial score (nSPS) is 13.5. The number of hydrogen-bond acceptors (Lipinski definition) is 7. The predicted molar refractivity (Wildman–Crippen MR) is 125 cm³/mol. The minimum atomic E-state index is -1.25. The second kappa shape index (κ2) is 14.9. The quantitative estimate of drug-likeness (QED) is 0.314. The minimum absolute atomic E-state index is 0.0362. The number of aliphatic hydroxyl groups excluding tert-OH is 1. The lowest BCUT2D eigenvalue weighted by atomic mass is 10.00. The average Bonchev–Trinajstić information content (AvgIpc) is 2.79. The Bertz CT molecular complexity index is 799. The van der Waals surface area contributed by atoms with Gasteiger partial charge in [-0.3, -0.25) is 9.59 Å². The highest BCUT2D eigenvalue weighted by molar-refractivity contribution is 5.93. The van der Waals surface area contributed by atoms with Crippen LogP contribution in [-0.4, -0.2) is 60.8 Å². The van der Waals surface area contributed by atoms with Gasteiger partial charge in [0, 0.05) is 0 Å². The number of benzene rings is 1. The smallest absolute Gasteiger partial charge is 0.408 e. The molecule has 3 atom stereocenters. The Balaban J connectivity index is 2.86. The third-order valence-electron chi connectivity index (χ3n) is 4.85. The van der Waals surface area contributed by atoms with Crippen molar-refractivity contribution >= 4 is 23.9 Å². The van der Waals surface area contributed by atoms with Gasteiger partial charge < -0.3 is 30.5 Å². The van der Waals surface area contributed by atoms with E-state index in [0.29, 0.717) is 6.42 Å². The van der Waals surface area contributed by atoms with Crippen molar-refractivity contribution in [1.29, 1.82) is 0 Å². The molecular weight excluding hydrogens is 442 g/mol. The molecule has 0 fully saturated rings. The number of amides is 3. The number of nitrogens with one attached hydrogen (secondary N) is 3. The van der Waals surface area contributed by atoms with E-state index in [-0.39, 0.29) is 24.9 Å². The molecule has 0 unspecified atom stereocenters. The third-order valence-corrected chi connectivity index (χ3v) is 4.85. The minimum Gasteiger partial charge on any atom is -0.467 e. The van der Waals surface area contributed by atoms with Gasteiger partial charge in [0.2, 0.25) is 11.8 Å². The number of methoxy groups -OCH3 is 1. The van der Waals surface area contributed by atoms with E-state index >= 15 is 0 Å². The van der Waals surface area contributed by atoms with E-state index in [9.17, 15) is 24.3 Å². The summed E-state index contributed by atoms with van der Waals surface area (Å²) in [5, 5.41) is 17.0. The molecule has 0 radical (unpaired) electrons. The number of carbonyl (C=O) groups is 4. The van der Waals surface area contributed by atoms with Crippen molar-refractivity contribution in [2.75, 3.05) is 13.7 Å². The summed E-state index contributed by atoms with van der Waals surface area (Å²) >= 11 is 0. The topological polar surface area (TPSA) is 143 Å². The Hall–Kier alpha value is -3.14. The van der Waals surface area contributed by atoms with Crippen LogP contribution in [0.5, 0.6) is 0 Å². The van der Waals surface area contributed by atoms with Gasteiger partial charge in [-0.25, -0.2) is 9.59 Å². The first-order valence-corrected chi connectivity index (χ1v) is 11.3. The molecule has 1 rings (SSSR count). The summed E-state index contributed by atoms with van der Waals surface area (Å²) in [6.07, 6.45) is -0.145. The lowest BCUT2D eigenvalue weighted by Crippen LogP contribution is -2.56. The van der Waals surface area contributed by atoms with Crippen molar-refractivity contribution in [1.82, 2.24) is 16.0 Å². The van der Waals surface area contributed by atoms with Crippen molar-refractivity contribution in [2.24, 2.45) is 11.8 Å². The van der Waals surface area contributed by atoms with E-state index in [1.54, 1.807) is 0 Å². The molecule has 10 nitrogen and oxygen atoms in total. The maximum Gasteiger partial charge on any atom is 0.408 e. The molecule has 0 spiro atoms. The molecule has 3 amide bonds. The number of esters is 1. The zero-order chi connectivity index (χ0) is 25.7. The van der Waals surface area contributed by atoms with E-state index in [2.05, 4.69) is 20.7 Å². The van der Waals surface area contributed by atoms with Crippen molar-refractivity contribution in [3.63, 3.8) is 0 Å². The Morgan fingerprint density at radius 1 is 0.824 bits per heavy atom. The van der Waals surface area contributed by atoms with E-state index in [4.69, 9.17) is 4.74 Å². The van der Waals surface area contributed by atoms with E-state index in [1.807, 2.05) is 58.0 Å². The van der Waals surface area contributed by atoms with Crippen LogP contribution in [0, 0.1) is 11.8 Å². The Kier molecular flexibility index (Phi) is 12.7. The van der Waals surface area contributed by atoms with Gasteiger partial charge in [0.1, 0.15) is 18.7 Å². The van der Waals surface area contributed by atoms with Crippen LogP contribution in [0.25, 0.3) is 0 Å². The second-order valence-electron chi connectivity index (χ2n) is 8.85. The van der Waals surface area contributed by atoms with E-state index in [0.717, 1.165) is 12.7 Å². The van der Waals surface area contributed by atoms with Gasteiger partial charge in [-0.05, 0) is 30.2 Å². The number of hydrogen-bond donors (Lipinski definition) is 4. The Morgan fingerprint density at radius 3 is 1.79 bits per heavy atom. The lowest BCUT2D eigenvalue weighted by molar-refractivity contribution is -0.146. The fourth-order valence-corrected chi connectivity index (χ4v) is 3.18. The fraction of sp³-hybridized carbons (Fsp3) is 0.583. The molecular formula is C24H37N3O7. The molecule has 0 bridgehead atoms. The van der Waals surface area contributed by atoms with Gasteiger partial charge in [-0.15, -0.1) is 0 Å². The average molecular weight is 480 g/mol. The first kappa shape index (κ1) is 28.9. The number of ether oxygens (including phenoxy) is 2. The zero-order valence-corrected chi connectivity index (χ0v) is 20.5. The Labute approximate surface area is 200 Å². The van der Waals surface area contributed by atoms with Crippen molar-refractivity contribution < 1.29 is 33.8 Å². The SMILES string of the molecule is COC(=O)[C@@H](CO)NC(=O)[C@H](CC(C)C)NC(=O)[C@@H](CC(C)C)NC(=O)OCc1ccccc1. The number of aliphatic hydroxyl groups is 1. The largest absolute Gasteiger partial charge is 0.467 e. The van der Waals surface area contributed by atoms with Crippen LogP contribution < -0.4 is 16.0 Å². The standard InChI is InChI=1S/C24H37N3O7/c1-15(2)11-18(21(29)26-20(13-28)23(31)33-5)25-22(30)19(12-16(3)4)27-24(32)34-14-17-9-7-6-8-10-17/h6-10,15-16,18-20,28H,11-14H2,1-5H3,(H,25,30)(H,26,29)(H,27,32)/t18-,19+,20+/m0/s1. The van der Waals surface area contributed by atoms with Crippen molar-refractivity contribution in [3.8, 4) is 0 Å². The molecule has 0 heterocycles. The zero-order valence-electron chi connectivity index (χ0n) is 20.5. The van der Waals surface area contributed by atoms with Crippen LogP contribution in [0.1, 0.15) is 46.1 Å². The highest BCUT2D eigenvalue weighted by Crippen LogP contribution is 2.10. The summed E-state index contributed by atoms with van der Waals surface area (Å²) in [6.45, 7) is 6.96. The summed E-state index contributed by atoms with van der Waals surface area (Å²) < 4.78 is 9.79. The van der Waals surface area contributed by atoms with Crippen molar-refractivity contribution in [2.45, 2.75) is 65.3 Å². The van der Waals surface area contributed by atoms with E-state index < -0.39 is 48.6 Å². The molecule has 10 heteroatoms. The number of rotatable bonds is 13. The number of carbonyl (C=O) groups excluding carboxylic acids is 4. The molecule has 1 aromatic carbocycles. The maximum atomic E-state index is 13.0. The maximum absolute atomic E-state index is 13.0.